The highest BCUT2D eigenvalue weighted by Crippen LogP contribution is 2.40. The molecule has 10 heteroatoms. The largest absolute Gasteiger partial charge is 0.416 e. The number of nitrogens with one attached hydrogen (secondary N) is 1. The Kier molecular flexibility index (Phi) is 7.21. The van der Waals surface area contributed by atoms with Crippen molar-refractivity contribution < 1.29 is 40.6 Å². The van der Waals surface area contributed by atoms with Crippen molar-refractivity contribution in [2.45, 2.75) is 63.3 Å². The summed E-state index contributed by atoms with van der Waals surface area (Å²) in [5.41, 5.74) is -2.63. The quantitative estimate of drug-likeness (QED) is 0.462. The van der Waals surface area contributed by atoms with Gasteiger partial charge in [-0.3, -0.25) is 0 Å². The van der Waals surface area contributed by atoms with Crippen LogP contribution in [0.4, 0.5) is 26.3 Å². The van der Waals surface area contributed by atoms with Crippen molar-refractivity contribution in [3.63, 3.8) is 0 Å². The van der Waals surface area contributed by atoms with Gasteiger partial charge in [0, 0.05) is 12.5 Å². The predicted octanol–water partition coefficient (Wildman–Crippen LogP) is 6.42. The number of rotatable bonds is 6. The molecule has 0 aliphatic carbocycles. The maximum Gasteiger partial charge on any atom is 0.416 e. The highest BCUT2D eigenvalue weighted by molar-refractivity contribution is 5.35. The first-order valence-corrected chi connectivity index (χ1v) is 11.4. The van der Waals surface area contributed by atoms with E-state index < -0.39 is 35.1 Å². The van der Waals surface area contributed by atoms with Gasteiger partial charge in [-0.25, -0.2) is 0 Å². The molecule has 2 unspecified atom stereocenters. The molecule has 2 saturated heterocycles. The molecule has 2 aromatic carbocycles. The first kappa shape index (κ1) is 25.9. The highest BCUT2D eigenvalue weighted by atomic mass is 19.4. The van der Waals surface area contributed by atoms with E-state index in [0.29, 0.717) is 25.1 Å². The van der Waals surface area contributed by atoms with Crippen LogP contribution < -0.4 is 5.32 Å². The van der Waals surface area contributed by atoms with Crippen molar-refractivity contribution >= 4 is 0 Å². The third-order valence-corrected chi connectivity index (χ3v) is 6.67. The molecule has 2 heterocycles. The van der Waals surface area contributed by atoms with E-state index in [4.69, 9.17) is 14.2 Å². The molecule has 1 N–H and O–H groups in total. The third-order valence-electron chi connectivity index (χ3n) is 6.67. The van der Waals surface area contributed by atoms with Gasteiger partial charge in [0.05, 0.1) is 29.4 Å². The summed E-state index contributed by atoms with van der Waals surface area (Å²) in [6.07, 6.45) is -9.98. The molecule has 0 bridgehead atoms. The smallest absolute Gasteiger partial charge is 0.372 e. The Labute approximate surface area is 199 Å². The molecule has 0 saturated carbocycles. The molecule has 192 valence electrons. The maximum atomic E-state index is 13.3. The number of alkyl halides is 6. The normalized spacial score (nSPS) is 28.4. The molecule has 3 atom stereocenters. The fourth-order valence-electron chi connectivity index (χ4n) is 4.58. The van der Waals surface area contributed by atoms with Crippen molar-refractivity contribution in [1.82, 2.24) is 5.32 Å². The summed E-state index contributed by atoms with van der Waals surface area (Å²) in [5.74, 6) is 0.123. The van der Waals surface area contributed by atoms with Crippen LogP contribution in [-0.2, 0) is 32.1 Å². The lowest BCUT2D eigenvalue weighted by atomic mass is 9.79. The van der Waals surface area contributed by atoms with Gasteiger partial charge in [0.15, 0.2) is 12.6 Å². The van der Waals surface area contributed by atoms with Gasteiger partial charge in [-0.2, -0.15) is 26.3 Å². The van der Waals surface area contributed by atoms with Gasteiger partial charge in [0.2, 0.25) is 0 Å². The van der Waals surface area contributed by atoms with Crippen LogP contribution in [0.2, 0.25) is 0 Å². The van der Waals surface area contributed by atoms with Crippen LogP contribution in [0.3, 0.4) is 0 Å². The van der Waals surface area contributed by atoms with Crippen LogP contribution >= 0.6 is 0 Å². The lowest BCUT2D eigenvalue weighted by Crippen LogP contribution is -2.56. The zero-order valence-corrected chi connectivity index (χ0v) is 19.2. The standard InChI is InChI=1S/C25H27F6NO3/c1-15(18-10-20(24(26,27)28)12-21(11-18)25(29,30)31)33-14-23(19-6-4-3-5-7-19)9-8-17(13-32-23)22-34-16(2)35-22/h3-7,10-12,15-17,22,32H,8-9,13-14H2,1-2H3/t15?,16?,17?,22?,23-/m1/s1. The van der Waals surface area contributed by atoms with Crippen LogP contribution in [-0.4, -0.2) is 25.7 Å². The first-order chi connectivity index (χ1) is 16.4. The SMILES string of the molecule is CC1OC(C2CC[C@@](COC(C)c3cc(C(F)(F)F)cc(C(F)(F)F)c3)(c3ccccc3)NC2)O1. The number of piperidine rings is 1. The van der Waals surface area contributed by atoms with Gasteiger partial charge in [-0.15, -0.1) is 0 Å². The molecule has 2 aliphatic heterocycles. The Morgan fingerprint density at radius 3 is 2.09 bits per heavy atom. The molecule has 4 rings (SSSR count). The van der Waals surface area contributed by atoms with Gasteiger partial charge in [-0.05, 0) is 56.0 Å². The van der Waals surface area contributed by atoms with E-state index in [-0.39, 0.29) is 36.7 Å². The summed E-state index contributed by atoms with van der Waals surface area (Å²) in [7, 11) is 0. The summed E-state index contributed by atoms with van der Waals surface area (Å²) in [5, 5.41) is 3.50. The molecule has 4 nitrogen and oxygen atoms in total. The Morgan fingerprint density at radius 1 is 1.00 bits per heavy atom. The zero-order valence-electron chi connectivity index (χ0n) is 19.2. The molecule has 35 heavy (non-hydrogen) atoms. The molecule has 2 fully saturated rings. The fourth-order valence-corrected chi connectivity index (χ4v) is 4.58. The third kappa shape index (κ3) is 5.82. The van der Waals surface area contributed by atoms with Gasteiger partial charge >= 0.3 is 12.4 Å². The molecular formula is C25H27F6NO3. The second kappa shape index (κ2) is 9.72. The summed E-state index contributed by atoms with van der Waals surface area (Å²) in [6, 6.07) is 11.0. The van der Waals surface area contributed by atoms with Gasteiger partial charge in [0.1, 0.15) is 0 Å². The lowest BCUT2D eigenvalue weighted by Gasteiger charge is -2.46. The fraction of sp³-hybridized carbons (Fsp3) is 0.520. The van der Waals surface area contributed by atoms with Crippen molar-refractivity contribution in [2.24, 2.45) is 5.92 Å². The van der Waals surface area contributed by atoms with Gasteiger partial charge in [-0.1, -0.05) is 30.3 Å². The Morgan fingerprint density at radius 2 is 1.60 bits per heavy atom. The number of hydrogen-bond acceptors (Lipinski definition) is 4. The second-order valence-corrected chi connectivity index (χ2v) is 9.13. The molecule has 2 aliphatic rings. The van der Waals surface area contributed by atoms with Crippen molar-refractivity contribution in [3.05, 3.63) is 70.8 Å². The van der Waals surface area contributed by atoms with Gasteiger partial charge < -0.3 is 19.5 Å². The van der Waals surface area contributed by atoms with E-state index in [2.05, 4.69) is 5.32 Å². The number of hydrogen-bond donors (Lipinski definition) is 1. The summed E-state index contributed by atoms with van der Waals surface area (Å²) in [4.78, 5) is 0. The molecule has 0 radical (unpaired) electrons. The monoisotopic (exact) mass is 503 g/mol. The zero-order chi connectivity index (χ0) is 25.4. The van der Waals surface area contributed by atoms with Gasteiger partial charge in [0.25, 0.3) is 0 Å². The van der Waals surface area contributed by atoms with Crippen LogP contribution in [0, 0.1) is 5.92 Å². The summed E-state index contributed by atoms with van der Waals surface area (Å²) >= 11 is 0. The molecule has 0 amide bonds. The van der Waals surface area contributed by atoms with Crippen LogP contribution in [0.1, 0.15) is 55.0 Å². The Bertz CT molecular complexity index is 964. The lowest BCUT2D eigenvalue weighted by molar-refractivity contribution is -0.393. The predicted molar refractivity (Wildman–Crippen MR) is 115 cm³/mol. The van der Waals surface area contributed by atoms with E-state index in [9.17, 15) is 26.3 Å². The molecule has 0 aromatic heterocycles. The molecule has 2 aromatic rings. The van der Waals surface area contributed by atoms with Crippen LogP contribution in [0.25, 0.3) is 0 Å². The van der Waals surface area contributed by atoms with Crippen LogP contribution in [0.15, 0.2) is 48.5 Å². The van der Waals surface area contributed by atoms with Crippen molar-refractivity contribution in [2.75, 3.05) is 13.2 Å². The number of halogens is 6. The minimum absolute atomic E-state index is 0.0608. The summed E-state index contributed by atoms with van der Waals surface area (Å²) < 4.78 is 96.9. The minimum atomic E-state index is -4.91. The van der Waals surface area contributed by atoms with Crippen molar-refractivity contribution in [3.8, 4) is 0 Å². The van der Waals surface area contributed by atoms with Crippen molar-refractivity contribution in [1.29, 1.82) is 0 Å². The van der Waals surface area contributed by atoms with Crippen LogP contribution in [0.5, 0.6) is 0 Å². The Hall–Kier alpha value is -2.14. The second-order valence-electron chi connectivity index (χ2n) is 9.13. The minimum Gasteiger partial charge on any atom is -0.372 e. The van der Waals surface area contributed by atoms with E-state index in [1.165, 1.54) is 6.92 Å². The first-order valence-electron chi connectivity index (χ1n) is 11.4. The molecular weight excluding hydrogens is 476 g/mol. The summed E-state index contributed by atoms with van der Waals surface area (Å²) in [6.45, 7) is 3.89. The number of benzene rings is 2. The van der Waals surface area contributed by atoms with E-state index in [0.717, 1.165) is 12.0 Å². The molecule has 0 spiro atoms. The highest BCUT2D eigenvalue weighted by Gasteiger charge is 2.43. The average molecular weight is 503 g/mol. The Balaban J connectivity index is 1.53. The topological polar surface area (TPSA) is 39.7 Å². The van der Waals surface area contributed by atoms with E-state index in [1.54, 1.807) is 0 Å². The maximum absolute atomic E-state index is 13.3. The average Bonchev–Trinajstić information content (AvgIpc) is 2.80. The number of ether oxygens (including phenoxy) is 3. The van der Waals surface area contributed by atoms with E-state index >= 15 is 0 Å². The van der Waals surface area contributed by atoms with E-state index in [1.807, 2.05) is 37.3 Å².